The Morgan fingerprint density at radius 3 is 2.75 bits per heavy atom. The zero-order valence-electron chi connectivity index (χ0n) is 15.5. The maximum Gasteiger partial charge on any atom is 0.233 e. The van der Waals surface area contributed by atoms with Crippen LogP contribution in [0.3, 0.4) is 0 Å². The average molecular weight is 418 g/mol. The second-order valence-corrected chi connectivity index (χ2v) is 9.55. The lowest BCUT2D eigenvalue weighted by Crippen LogP contribution is -2.39. The van der Waals surface area contributed by atoms with E-state index in [1.165, 1.54) is 28.7 Å². The van der Waals surface area contributed by atoms with Gasteiger partial charge in [-0.1, -0.05) is 53.4 Å². The van der Waals surface area contributed by atoms with Gasteiger partial charge in [-0.2, -0.15) is 0 Å². The van der Waals surface area contributed by atoms with Crippen molar-refractivity contribution in [2.45, 2.75) is 23.6 Å². The Hall–Kier alpha value is -2.13. The number of carbonyl (C=O) groups is 2. The molecule has 2 fully saturated rings. The van der Waals surface area contributed by atoms with Gasteiger partial charge in [-0.25, -0.2) is 0 Å². The van der Waals surface area contributed by atoms with Crippen molar-refractivity contribution in [3.8, 4) is 0 Å². The number of anilines is 1. The van der Waals surface area contributed by atoms with Crippen molar-refractivity contribution >= 4 is 40.0 Å². The molecule has 2 aromatic rings. The molecule has 2 aliphatic heterocycles. The highest BCUT2D eigenvalue weighted by molar-refractivity contribution is 8.01. The molecule has 1 aromatic carbocycles. The highest BCUT2D eigenvalue weighted by Gasteiger charge is 2.51. The third-order valence-corrected chi connectivity index (χ3v) is 7.43. The van der Waals surface area contributed by atoms with Crippen LogP contribution in [0.5, 0.6) is 0 Å². The predicted molar refractivity (Wildman–Crippen MR) is 110 cm³/mol. The Morgan fingerprint density at radius 2 is 2.00 bits per heavy atom. The van der Waals surface area contributed by atoms with Crippen LogP contribution in [0.4, 0.5) is 5.13 Å². The van der Waals surface area contributed by atoms with E-state index >= 15 is 0 Å². The number of benzene rings is 1. The number of likely N-dealkylation sites (tertiary alicyclic amines) is 2. The number of thioether (sulfide) groups is 1. The largest absolute Gasteiger partial charge is 0.374 e. The molecule has 0 aliphatic carbocycles. The monoisotopic (exact) mass is 417 g/mol. The van der Waals surface area contributed by atoms with E-state index in [0.29, 0.717) is 28.3 Å². The van der Waals surface area contributed by atoms with Gasteiger partial charge in [0.2, 0.25) is 16.9 Å². The molecule has 1 spiro atoms. The van der Waals surface area contributed by atoms with Gasteiger partial charge in [0.15, 0.2) is 4.34 Å². The first-order valence-corrected chi connectivity index (χ1v) is 11.2. The number of nitrogens with two attached hydrogens (primary N) is 1. The smallest absolute Gasteiger partial charge is 0.233 e. The van der Waals surface area contributed by atoms with E-state index in [1.54, 1.807) is 0 Å². The van der Waals surface area contributed by atoms with Gasteiger partial charge in [0.1, 0.15) is 0 Å². The highest BCUT2D eigenvalue weighted by Crippen LogP contribution is 2.41. The molecule has 1 aromatic heterocycles. The van der Waals surface area contributed by atoms with Crippen molar-refractivity contribution in [3.05, 3.63) is 35.9 Å². The van der Waals surface area contributed by atoms with Gasteiger partial charge in [-0.05, 0) is 24.8 Å². The van der Waals surface area contributed by atoms with Crippen LogP contribution in [0.15, 0.2) is 34.7 Å². The van der Waals surface area contributed by atoms with Crippen molar-refractivity contribution < 1.29 is 9.59 Å². The number of amides is 2. The number of hydrogen-bond donors (Lipinski definition) is 1. The summed E-state index contributed by atoms with van der Waals surface area (Å²) in [5, 5.41) is 8.09. The van der Waals surface area contributed by atoms with Gasteiger partial charge < -0.3 is 15.5 Å². The van der Waals surface area contributed by atoms with Gasteiger partial charge in [-0.15, -0.1) is 10.2 Å². The van der Waals surface area contributed by atoms with E-state index in [9.17, 15) is 9.59 Å². The fourth-order valence-electron chi connectivity index (χ4n) is 3.97. The highest BCUT2D eigenvalue weighted by atomic mass is 32.2. The zero-order chi connectivity index (χ0) is 19.6. The van der Waals surface area contributed by atoms with E-state index in [-0.39, 0.29) is 17.2 Å². The molecule has 2 saturated heterocycles. The summed E-state index contributed by atoms with van der Waals surface area (Å²) in [5.74, 6) is 0.561. The van der Waals surface area contributed by atoms with Gasteiger partial charge in [-0.3, -0.25) is 9.59 Å². The van der Waals surface area contributed by atoms with Crippen LogP contribution in [0, 0.1) is 5.41 Å². The maximum absolute atomic E-state index is 13.1. The Balaban J connectivity index is 1.30. The molecule has 3 heterocycles. The number of carbonyl (C=O) groups excluding carboxylic acids is 2. The molecule has 28 heavy (non-hydrogen) atoms. The van der Waals surface area contributed by atoms with Gasteiger partial charge in [0.05, 0.1) is 11.2 Å². The van der Waals surface area contributed by atoms with Crippen LogP contribution >= 0.6 is 23.1 Å². The molecular formula is C19H23N5O2S2. The summed E-state index contributed by atoms with van der Waals surface area (Å²) in [6, 6.07) is 10.2. The number of nitrogens with zero attached hydrogens (tertiary/aromatic N) is 4. The number of nitrogen functional groups attached to an aromatic ring is 1. The second-order valence-electron chi connectivity index (χ2n) is 7.32. The molecule has 0 radical (unpaired) electrons. The van der Waals surface area contributed by atoms with Crippen molar-refractivity contribution in [3.63, 3.8) is 0 Å². The summed E-state index contributed by atoms with van der Waals surface area (Å²) in [5.41, 5.74) is 6.43. The zero-order valence-corrected chi connectivity index (χ0v) is 17.2. The Labute approximate surface area is 172 Å². The minimum atomic E-state index is -0.385. The molecule has 1 atom stereocenters. The predicted octanol–water partition coefficient (Wildman–Crippen LogP) is 1.91. The minimum Gasteiger partial charge on any atom is -0.374 e. The summed E-state index contributed by atoms with van der Waals surface area (Å²) in [6.45, 7) is 2.71. The molecule has 2 N–H and O–H groups in total. The van der Waals surface area contributed by atoms with Crippen molar-refractivity contribution in [1.82, 2.24) is 20.0 Å². The molecule has 1 unspecified atom stereocenters. The summed E-state index contributed by atoms with van der Waals surface area (Å²) in [6.07, 6.45) is 2.47. The van der Waals surface area contributed by atoms with E-state index in [0.717, 1.165) is 32.4 Å². The van der Waals surface area contributed by atoms with Crippen LogP contribution in [-0.4, -0.2) is 63.7 Å². The number of aromatic nitrogens is 2. The fourth-order valence-corrected chi connectivity index (χ4v) is 5.51. The molecule has 0 saturated carbocycles. The minimum absolute atomic E-state index is 0.0474. The second kappa shape index (κ2) is 8.08. The van der Waals surface area contributed by atoms with E-state index in [2.05, 4.69) is 22.3 Å². The molecule has 4 rings (SSSR count). The summed E-state index contributed by atoms with van der Waals surface area (Å²) >= 11 is 2.63. The van der Waals surface area contributed by atoms with E-state index in [1.807, 2.05) is 28.0 Å². The fraction of sp³-hybridized carbons (Fsp3) is 0.474. The summed E-state index contributed by atoms with van der Waals surface area (Å²) in [4.78, 5) is 29.4. The van der Waals surface area contributed by atoms with Gasteiger partial charge in [0.25, 0.3) is 0 Å². The van der Waals surface area contributed by atoms with Crippen LogP contribution in [0.2, 0.25) is 0 Å². The summed E-state index contributed by atoms with van der Waals surface area (Å²) < 4.78 is 0.698. The lowest BCUT2D eigenvalue weighted by Gasteiger charge is -2.23. The first-order chi connectivity index (χ1) is 13.6. The lowest BCUT2D eigenvalue weighted by molar-refractivity contribution is -0.136. The Kier molecular flexibility index (Phi) is 5.54. The molecule has 148 valence electrons. The third-order valence-electron chi connectivity index (χ3n) is 5.56. The van der Waals surface area contributed by atoms with Gasteiger partial charge >= 0.3 is 0 Å². The van der Waals surface area contributed by atoms with Crippen molar-refractivity contribution in [2.24, 2.45) is 5.41 Å². The molecule has 0 bridgehead atoms. The maximum atomic E-state index is 13.1. The topological polar surface area (TPSA) is 92.4 Å². The average Bonchev–Trinajstić information content (AvgIpc) is 3.41. The van der Waals surface area contributed by atoms with Crippen molar-refractivity contribution in [2.75, 3.05) is 37.7 Å². The Morgan fingerprint density at radius 1 is 1.21 bits per heavy atom. The van der Waals surface area contributed by atoms with Crippen LogP contribution in [0.1, 0.15) is 18.4 Å². The van der Waals surface area contributed by atoms with Crippen LogP contribution < -0.4 is 5.73 Å². The SMILES string of the molecule is Nc1nnc(SCC(=O)N2CCC3(CCN(CCc4ccccc4)C3=O)C2)s1. The molecular weight excluding hydrogens is 394 g/mol. The Bertz CT molecular complexity index is 859. The standard InChI is InChI=1S/C19H23N5O2S2/c20-17-21-22-18(28-17)27-12-15(25)24-11-8-19(13-24)7-10-23(16(19)26)9-6-14-4-2-1-3-5-14/h1-5H,6-13H2,(H2,20,21). The molecule has 2 aliphatic rings. The van der Waals surface area contributed by atoms with Crippen LogP contribution in [0.25, 0.3) is 0 Å². The van der Waals surface area contributed by atoms with Crippen LogP contribution in [-0.2, 0) is 16.0 Å². The molecule has 2 amide bonds. The molecule has 7 nitrogen and oxygen atoms in total. The van der Waals surface area contributed by atoms with E-state index in [4.69, 9.17) is 5.73 Å². The van der Waals surface area contributed by atoms with Crippen molar-refractivity contribution in [1.29, 1.82) is 0 Å². The van der Waals surface area contributed by atoms with E-state index < -0.39 is 0 Å². The number of hydrogen-bond acceptors (Lipinski definition) is 7. The normalized spacial score (nSPS) is 21.8. The lowest BCUT2D eigenvalue weighted by atomic mass is 9.85. The number of rotatable bonds is 6. The first kappa shape index (κ1) is 19.2. The molecule has 9 heteroatoms. The quantitative estimate of drug-likeness (QED) is 0.722. The van der Waals surface area contributed by atoms with Gasteiger partial charge in [0, 0.05) is 26.2 Å². The third kappa shape index (κ3) is 4.00. The summed E-state index contributed by atoms with van der Waals surface area (Å²) in [7, 11) is 0. The first-order valence-electron chi connectivity index (χ1n) is 9.39.